The Hall–Kier alpha value is -2.66. The molecule has 1 rings (SSSR count). The number of benzene rings is 1. The van der Waals surface area contributed by atoms with E-state index in [0.29, 0.717) is 0 Å². The largest absolute Gasteiger partial charge is 0.480 e. The van der Waals surface area contributed by atoms with Crippen LogP contribution >= 0.6 is 0 Å². The lowest BCUT2D eigenvalue weighted by molar-refractivity contribution is -0.138. The van der Waals surface area contributed by atoms with Gasteiger partial charge in [0.05, 0.1) is 4.90 Å². The van der Waals surface area contributed by atoms with E-state index >= 15 is 0 Å². The quantitative estimate of drug-likeness (QED) is 0.457. The summed E-state index contributed by atoms with van der Waals surface area (Å²) in [5.41, 5.74) is -0.670. The van der Waals surface area contributed by atoms with Crippen molar-refractivity contribution in [2.45, 2.75) is 43.7 Å². The molecule has 0 saturated carbocycles. The summed E-state index contributed by atoms with van der Waals surface area (Å²) >= 11 is 0. The van der Waals surface area contributed by atoms with Crippen molar-refractivity contribution in [1.82, 2.24) is 15.4 Å². The number of carbonyl (C=O) groups is 3. The van der Waals surface area contributed by atoms with Crippen LogP contribution in [0.25, 0.3) is 0 Å². The van der Waals surface area contributed by atoms with Crippen LogP contribution in [0.4, 0.5) is 4.79 Å². The van der Waals surface area contributed by atoms with Crippen LogP contribution in [0.5, 0.6) is 0 Å². The van der Waals surface area contributed by atoms with E-state index in [1.165, 1.54) is 24.3 Å². The molecular weight excluding hydrogens is 390 g/mol. The van der Waals surface area contributed by atoms with Gasteiger partial charge in [-0.1, -0.05) is 18.2 Å². The summed E-state index contributed by atoms with van der Waals surface area (Å²) in [4.78, 5) is 34.5. The van der Waals surface area contributed by atoms with Crippen molar-refractivity contribution < 1.29 is 32.6 Å². The van der Waals surface area contributed by atoms with E-state index in [-0.39, 0.29) is 17.9 Å². The summed E-state index contributed by atoms with van der Waals surface area (Å²) in [6.45, 7) is 4.62. The number of carbonyl (C=O) groups excluding carboxylic acids is 2. The number of rotatable bonds is 9. The van der Waals surface area contributed by atoms with Crippen LogP contribution in [0.1, 0.15) is 27.2 Å². The second-order valence-corrected chi connectivity index (χ2v) is 8.52. The van der Waals surface area contributed by atoms with Gasteiger partial charge in [0.2, 0.25) is 15.9 Å². The van der Waals surface area contributed by atoms with E-state index < -0.39 is 46.2 Å². The van der Waals surface area contributed by atoms with Gasteiger partial charge in [-0.25, -0.2) is 13.2 Å². The van der Waals surface area contributed by atoms with Crippen molar-refractivity contribution in [3.8, 4) is 0 Å². The van der Waals surface area contributed by atoms with Crippen LogP contribution < -0.4 is 15.4 Å². The van der Waals surface area contributed by atoms with Crippen LogP contribution in [0.15, 0.2) is 35.2 Å². The van der Waals surface area contributed by atoms with Crippen molar-refractivity contribution >= 4 is 28.0 Å². The minimum absolute atomic E-state index is 0.0196. The highest BCUT2D eigenvalue weighted by Gasteiger charge is 2.25. The fourth-order valence-electron chi connectivity index (χ4n) is 1.93. The molecule has 1 aromatic rings. The van der Waals surface area contributed by atoms with Crippen molar-refractivity contribution in [1.29, 1.82) is 0 Å². The summed E-state index contributed by atoms with van der Waals surface area (Å²) in [7, 11) is -4.05. The van der Waals surface area contributed by atoms with Crippen molar-refractivity contribution in [3.05, 3.63) is 30.3 Å². The molecule has 0 aliphatic heterocycles. The van der Waals surface area contributed by atoms with Crippen LogP contribution in [0.2, 0.25) is 0 Å². The molecule has 28 heavy (non-hydrogen) atoms. The highest BCUT2D eigenvalue weighted by atomic mass is 32.2. The van der Waals surface area contributed by atoms with E-state index in [9.17, 15) is 27.9 Å². The van der Waals surface area contributed by atoms with Crippen LogP contribution in [-0.4, -0.2) is 56.2 Å². The number of ether oxygens (including phenoxy) is 1. The van der Waals surface area contributed by atoms with E-state index in [4.69, 9.17) is 4.74 Å². The first-order chi connectivity index (χ1) is 12.9. The molecule has 156 valence electrons. The maximum absolute atomic E-state index is 12.2. The van der Waals surface area contributed by atoms with E-state index in [2.05, 4.69) is 10.6 Å². The standard InChI is InChI=1S/C17H25N3O7S/c1-17(2,3)27-16(24)18-10-9-14(21)19-11-13(15(22)23)20-28(25,26)12-7-5-4-6-8-12/h4-8,13,20H,9-11H2,1-3H3,(H,18,24)(H,19,21)(H,22,23). The Balaban J connectivity index is 2.50. The Morgan fingerprint density at radius 3 is 2.25 bits per heavy atom. The number of alkyl carbamates (subject to hydrolysis) is 1. The number of carboxylic acid groups (broad SMARTS) is 1. The van der Waals surface area contributed by atoms with E-state index in [1.807, 2.05) is 4.72 Å². The number of hydrogen-bond donors (Lipinski definition) is 4. The van der Waals surface area contributed by atoms with Gasteiger partial charge in [-0.05, 0) is 32.9 Å². The maximum Gasteiger partial charge on any atom is 0.407 e. The van der Waals surface area contributed by atoms with Gasteiger partial charge in [0, 0.05) is 19.5 Å². The third kappa shape index (κ3) is 8.82. The Labute approximate surface area is 163 Å². The normalized spacial score (nSPS) is 12.7. The first-order valence-corrected chi connectivity index (χ1v) is 9.93. The molecule has 0 aliphatic carbocycles. The predicted octanol–water partition coefficient (Wildman–Crippen LogP) is 0.449. The average molecular weight is 415 g/mol. The molecule has 2 amide bonds. The Morgan fingerprint density at radius 1 is 1.11 bits per heavy atom. The molecule has 11 heteroatoms. The van der Waals surface area contributed by atoms with Gasteiger partial charge < -0.3 is 20.5 Å². The maximum atomic E-state index is 12.2. The molecule has 0 heterocycles. The van der Waals surface area contributed by atoms with E-state index in [1.54, 1.807) is 26.8 Å². The first-order valence-electron chi connectivity index (χ1n) is 8.44. The van der Waals surface area contributed by atoms with Gasteiger partial charge in [-0.15, -0.1) is 0 Å². The summed E-state index contributed by atoms with van der Waals surface area (Å²) < 4.78 is 31.5. The number of aliphatic carboxylic acids is 1. The fourth-order valence-corrected chi connectivity index (χ4v) is 3.14. The summed E-state index contributed by atoms with van der Waals surface area (Å²) in [5, 5.41) is 13.9. The Bertz CT molecular complexity index is 789. The number of hydrogen-bond acceptors (Lipinski definition) is 6. The molecule has 0 spiro atoms. The zero-order chi connectivity index (χ0) is 21.4. The monoisotopic (exact) mass is 415 g/mol. The van der Waals surface area contributed by atoms with Crippen molar-refractivity contribution in [2.24, 2.45) is 0 Å². The van der Waals surface area contributed by atoms with Gasteiger partial charge in [0.25, 0.3) is 0 Å². The number of amides is 2. The zero-order valence-corrected chi connectivity index (χ0v) is 16.7. The zero-order valence-electron chi connectivity index (χ0n) is 15.9. The average Bonchev–Trinajstić information content (AvgIpc) is 2.57. The van der Waals surface area contributed by atoms with Gasteiger partial charge in [0.1, 0.15) is 11.6 Å². The van der Waals surface area contributed by atoms with Gasteiger partial charge in [-0.2, -0.15) is 4.72 Å². The molecule has 0 bridgehead atoms. The highest BCUT2D eigenvalue weighted by molar-refractivity contribution is 7.89. The number of carboxylic acids is 1. The molecule has 0 saturated heterocycles. The molecule has 0 fully saturated rings. The first kappa shape index (κ1) is 23.4. The Kier molecular flexibility index (Phi) is 8.38. The van der Waals surface area contributed by atoms with Crippen molar-refractivity contribution in [3.63, 3.8) is 0 Å². The molecule has 0 radical (unpaired) electrons. The summed E-state index contributed by atoms with van der Waals surface area (Å²) in [6, 6.07) is 5.73. The van der Waals surface area contributed by atoms with Crippen LogP contribution in [-0.2, 0) is 24.3 Å². The molecule has 1 aromatic carbocycles. The van der Waals surface area contributed by atoms with E-state index in [0.717, 1.165) is 0 Å². The lowest BCUT2D eigenvalue weighted by Gasteiger charge is -2.19. The second kappa shape index (κ2) is 10.0. The predicted molar refractivity (Wildman–Crippen MR) is 100 cm³/mol. The lowest BCUT2D eigenvalue weighted by atomic mass is 10.2. The number of nitrogens with one attached hydrogen (secondary N) is 3. The molecule has 4 N–H and O–H groups in total. The van der Waals surface area contributed by atoms with Crippen molar-refractivity contribution in [2.75, 3.05) is 13.1 Å². The number of sulfonamides is 1. The third-order valence-corrected chi connectivity index (χ3v) is 4.66. The van der Waals surface area contributed by atoms with Crippen LogP contribution in [0.3, 0.4) is 0 Å². The fraction of sp³-hybridized carbons (Fsp3) is 0.471. The molecular formula is C17H25N3O7S. The summed E-state index contributed by atoms with van der Waals surface area (Å²) in [5.74, 6) is -1.99. The van der Waals surface area contributed by atoms with Gasteiger partial charge in [-0.3, -0.25) is 9.59 Å². The molecule has 1 atom stereocenters. The SMILES string of the molecule is CC(C)(C)OC(=O)NCCC(=O)NCC(NS(=O)(=O)c1ccccc1)C(=O)O. The van der Waals surface area contributed by atoms with Gasteiger partial charge >= 0.3 is 12.1 Å². The molecule has 0 aromatic heterocycles. The third-order valence-electron chi connectivity index (χ3n) is 3.17. The highest BCUT2D eigenvalue weighted by Crippen LogP contribution is 2.08. The second-order valence-electron chi connectivity index (χ2n) is 6.81. The van der Waals surface area contributed by atoms with Crippen LogP contribution in [0, 0.1) is 0 Å². The lowest BCUT2D eigenvalue weighted by Crippen LogP contribution is -2.48. The van der Waals surface area contributed by atoms with Gasteiger partial charge in [0.15, 0.2) is 0 Å². The minimum atomic E-state index is -4.05. The molecule has 0 aliphatic rings. The Morgan fingerprint density at radius 2 is 1.71 bits per heavy atom. The molecule has 1 unspecified atom stereocenters. The topological polar surface area (TPSA) is 151 Å². The smallest absolute Gasteiger partial charge is 0.407 e. The minimum Gasteiger partial charge on any atom is -0.480 e. The summed E-state index contributed by atoms with van der Waals surface area (Å²) in [6.07, 6.45) is -0.809. The molecule has 10 nitrogen and oxygen atoms in total.